The quantitative estimate of drug-likeness (QED) is 0.760. The van der Waals surface area contributed by atoms with E-state index in [0.29, 0.717) is 6.54 Å². The Labute approximate surface area is 130 Å². The number of hydrogen-bond donors (Lipinski definition) is 1. The van der Waals surface area contributed by atoms with Crippen LogP contribution in [-0.2, 0) is 13.1 Å². The predicted molar refractivity (Wildman–Crippen MR) is 85.7 cm³/mol. The second-order valence-electron chi connectivity index (χ2n) is 5.46. The van der Waals surface area contributed by atoms with Crippen molar-refractivity contribution in [1.29, 1.82) is 0 Å². The molecule has 0 spiro atoms. The molecule has 3 rings (SSSR count). The van der Waals surface area contributed by atoms with Crippen molar-refractivity contribution in [3.05, 3.63) is 60.0 Å². The van der Waals surface area contributed by atoms with Gasteiger partial charge < -0.3 is 10.1 Å². The molecule has 5 heteroatoms. The van der Waals surface area contributed by atoms with Crippen molar-refractivity contribution in [1.82, 2.24) is 19.9 Å². The molecule has 1 N–H and O–H groups in total. The van der Waals surface area contributed by atoms with Gasteiger partial charge in [0.1, 0.15) is 5.75 Å². The van der Waals surface area contributed by atoms with Crippen molar-refractivity contribution < 1.29 is 4.74 Å². The summed E-state index contributed by atoms with van der Waals surface area (Å²) in [5.74, 6) is 1.82. The highest BCUT2D eigenvalue weighted by atomic mass is 16.5. The maximum Gasteiger partial charge on any atom is 0.160 e. The fourth-order valence-corrected chi connectivity index (χ4v) is 2.29. The van der Waals surface area contributed by atoms with Crippen molar-refractivity contribution >= 4 is 5.65 Å². The number of ether oxygens (including phenoxy) is 1. The minimum atomic E-state index is 0.199. The van der Waals surface area contributed by atoms with Crippen LogP contribution in [0.4, 0.5) is 0 Å². The van der Waals surface area contributed by atoms with Crippen LogP contribution in [-0.4, -0.2) is 20.7 Å². The van der Waals surface area contributed by atoms with E-state index < -0.39 is 0 Å². The van der Waals surface area contributed by atoms with E-state index in [1.54, 1.807) is 0 Å². The van der Waals surface area contributed by atoms with Crippen molar-refractivity contribution in [2.24, 2.45) is 0 Å². The van der Waals surface area contributed by atoms with E-state index in [2.05, 4.69) is 27.6 Å². The van der Waals surface area contributed by atoms with Crippen LogP contribution < -0.4 is 10.1 Å². The van der Waals surface area contributed by atoms with Gasteiger partial charge in [0.15, 0.2) is 11.5 Å². The Kier molecular flexibility index (Phi) is 4.34. The molecule has 0 fully saturated rings. The smallest absolute Gasteiger partial charge is 0.160 e. The molecule has 0 saturated carbocycles. The average Bonchev–Trinajstić information content (AvgIpc) is 2.92. The number of nitrogens with zero attached hydrogens (tertiary/aromatic N) is 3. The first-order chi connectivity index (χ1) is 10.7. The van der Waals surface area contributed by atoms with Gasteiger partial charge in [-0.2, -0.15) is 0 Å². The lowest BCUT2D eigenvalue weighted by atomic mass is 10.2. The van der Waals surface area contributed by atoms with E-state index in [9.17, 15) is 0 Å². The zero-order valence-electron chi connectivity index (χ0n) is 12.9. The molecule has 0 atom stereocenters. The van der Waals surface area contributed by atoms with Gasteiger partial charge in [0.2, 0.25) is 0 Å². The minimum Gasteiger partial charge on any atom is -0.491 e. The third-order valence-electron chi connectivity index (χ3n) is 3.29. The first kappa shape index (κ1) is 14.5. The Bertz CT molecular complexity index is 734. The van der Waals surface area contributed by atoms with Gasteiger partial charge in [0.05, 0.1) is 12.6 Å². The summed E-state index contributed by atoms with van der Waals surface area (Å²) in [6, 6.07) is 14.0. The molecule has 0 aliphatic carbocycles. The van der Waals surface area contributed by atoms with E-state index in [-0.39, 0.29) is 6.10 Å². The largest absolute Gasteiger partial charge is 0.491 e. The van der Waals surface area contributed by atoms with Crippen LogP contribution in [0, 0.1) is 0 Å². The summed E-state index contributed by atoms with van der Waals surface area (Å²) >= 11 is 0. The molecular weight excluding hydrogens is 276 g/mol. The Balaban J connectivity index is 1.56. The summed E-state index contributed by atoms with van der Waals surface area (Å²) in [6.45, 7) is 5.51. The lowest BCUT2D eigenvalue weighted by molar-refractivity contribution is 0.242. The lowest BCUT2D eigenvalue weighted by Crippen LogP contribution is -2.15. The standard InChI is InChI=1S/C17H20N4O/c1-13(2)22-15-8-6-14(7-9-15)11-18-12-17-20-19-16-5-3-4-10-21(16)17/h3-10,13,18H,11-12H2,1-2H3. The van der Waals surface area contributed by atoms with Gasteiger partial charge in [0.25, 0.3) is 0 Å². The van der Waals surface area contributed by atoms with E-state index >= 15 is 0 Å². The zero-order valence-corrected chi connectivity index (χ0v) is 12.9. The number of rotatable bonds is 6. The van der Waals surface area contributed by atoms with Crippen LogP contribution in [0.3, 0.4) is 0 Å². The van der Waals surface area contributed by atoms with E-state index in [1.807, 2.05) is 54.8 Å². The number of fused-ring (bicyclic) bond motifs is 1. The van der Waals surface area contributed by atoms with Gasteiger partial charge in [-0.1, -0.05) is 18.2 Å². The summed E-state index contributed by atoms with van der Waals surface area (Å²) in [7, 11) is 0. The fraction of sp³-hybridized carbons (Fsp3) is 0.294. The van der Waals surface area contributed by atoms with Gasteiger partial charge in [-0.15, -0.1) is 10.2 Å². The molecule has 0 amide bonds. The first-order valence-electron chi connectivity index (χ1n) is 7.47. The summed E-state index contributed by atoms with van der Waals surface area (Å²) in [5.41, 5.74) is 2.08. The molecule has 0 unspecified atom stereocenters. The molecule has 0 bridgehead atoms. The third-order valence-corrected chi connectivity index (χ3v) is 3.29. The second-order valence-corrected chi connectivity index (χ2v) is 5.46. The van der Waals surface area contributed by atoms with Crippen molar-refractivity contribution in [2.75, 3.05) is 0 Å². The molecule has 5 nitrogen and oxygen atoms in total. The highest BCUT2D eigenvalue weighted by Gasteiger charge is 2.04. The molecule has 2 aromatic heterocycles. The van der Waals surface area contributed by atoms with Crippen LogP contribution >= 0.6 is 0 Å². The summed E-state index contributed by atoms with van der Waals surface area (Å²) in [6.07, 6.45) is 2.18. The monoisotopic (exact) mass is 296 g/mol. The first-order valence-corrected chi connectivity index (χ1v) is 7.47. The lowest BCUT2D eigenvalue weighted by Gasteiger charge is -2.10. The third kappa shape index (κ3) is 3.43. The molecule has 1 aromatic carbocycles. The molecule has 22 heavy (non-hydrogen) atoms. The molecule has 3 aromatic rings. The van der Waals surface area contributed by atoms with Gasteiger partial charge >= 0.3 is 0 Å². The Morgan fingerprint density at radius 1 is 1.05 bits per heavy atom. The molecular formula is C17H20N4O. The molecule has 0 saturated heterocycles. The Hall–Kier alpha value is -2.40. The normalized spacial score (nSPS) is 11.2. The predicted octanol–water partition coefficient (Wildman–Crippen LogP) is 2.81. The Morgan fingerprint density at radius 3 is 2.64 bits per heavy atom. The molecule has 0 aliphatic heterocycles. The number of aromatic nitrogens is 3. The Morgan fingerprint density at radius 2 is 1.86 bits per heavy atom. The highest BCUT2D eigenvalue weighted by Crippen LogP contribution is 2.13. The van der Waals surface area contributed by atoms with Crippen LogP contribution in [0.25, 0.3) is 5.65 Å². The maximum absolute atomic E-state index is 5.64. The molecule has 2 heterocycles. The van der Waals surface area contributed by atoms with E-state index in [0.717, 1.165) is 23.8 Å². The van der Waals surface area contributed by atoms with E-state index in [4.69, 9.17) is 4.74 Å². The summed E-state index contributed by atoms with van der Waals surface area (Å²) < 4.78 is 7.63. The van der Waals surface area contributed by atoms with Gasteiger partial charge in [-0.05, 0) is 43.7 Å². The average molecular weight is 296 g/mol. The topological polar surface area (TPSA) is 51.5 Å². The fourth-order valence-electron chi connectivity index (χ4n) is 2.29. The number of benzene rings is 1. The summed E-state index contributed by atoms with van der Waals surface area (Å²) in [4.78, 5) is 0. The van der Waals surface area contributed by atoms with E-state index in [1.165, 1.54) is 5.56 Å². The SMILES string of the molecule is CC(C)Oc1ccc(CNCc2nnc3ccccn23)cc1. The van der Waals surface area contributed by atoms with Crippen molar-refractivity contribution in [3.8, 4) is 5.75 Å². The van der Waals surface area contributed by atoms with Gasteiger partial charge in [0, 0.05) is 12.7 Å². The number of nitrogens with one attached hydrogen (secondary N) is 1. The molecule has 0 aliphatic rings. The van der Waals surface area contributed by atoms with Crippen LogP contribution in [0.5, 0.6) is 5.75 Å². The minimum absolute atomic E-state index is 0.199. The second kappa shape index (κ2) is 6.58. The highest BCUT2D eigenvalue weighted by molar-refractivity contribution is 5.37. The van der Waals surface area contributed by atoms with Crippen LogP contribution in [0.2, 0.25) is 0 Å². The van der Waals surface area contributed by atoms with Gasteiger partial charge in [-0.25, -0.2) is 0 Å². The zero-order chi connectivity index (χ0) is 15.4. The molecule has 0 radical (unpaired) electrons. The van der Waals surface area contributed by atoms with Crippen LogP contribution in [0.15, 0.2) is 48.7 Å². The number of pyridine rings is 1. The maximum atomic E-state index is 5.64. The van der Waals surface area contributed by atoms with Crippen LogP contribution in [0.1, 0.15) is 25.2 Å². The summed E-state index contributed by atoms with van der Waals surface area (Å²) in [5, 5.41) is 11.7. The van der Waals surface area contributed by atoms with Crippen molar-refractivity contribution in [2.45, 2.75) is 33.0 Å². The van der Waals surface area contributed by atoms with Gasteiger partial charge in [-0.3, -0.25) is 4.40 Å². The van der Waals surface area contributed by atoms with Crippen molar-refractivity contribution in [3.63, 3.8) is 0 Å². The molecule has 114 valence electrons. The number of hydrogen-bond acceptors (Lipinski definition) is 4.